The smallest absolute Gasteiger partial charge is 0.348 e. The molecule has 1 aliphatic heterocycles. The largest absolute Gasteiger partial charge is 0.435 e. The summed E-state index contributed by atoms with van der Waals surface area (Å²) in [6, 6.07) is 5.69. The van der Waals surface area contributed by atoms with Crippen molar-refractivity contribution in [2.24, 2.45) is 12.5 Å². The molecule has 2 fully saturated rings. The van der Waals surface area contributed by atoms with Crippen LogP contribution in [0.25, 0.3) is 11.3 Å². The van der Waals surface area contributed by atoms with E-state index in [1.165, 1.54) is 60.8 Å². The first-order chi connectivity index (χ1) is 24.6. The zero-order valence-corrected chi connectivity index (χ0v) is 29.9. The van der Waals surface area contributed by atoms with Crippen LogP contribution in [-0.2, 0) is 42.0 Å². The van der Waals surface area contributed by atoms with Gasteiger partial charge in [0, 0.05) is 54.4 Å². The number of hydrogen-bond donors (Lipinski definition) is 1. The van der Waals surface area contributed by atoms with Gasteiger partial charge in [-0.2, -0.15) is 45.3 Å². The van der Waals surface area contributed by atoms with Gasteiger partial charge in [0.1, 0.15) is 6.04 Å². The molecule has 2 amide bonds. The summed E-state index contributed by atoms with van der Waals surface area (Å²) in [5, 5.41) is 10.1. The minimum atomic E-state index is -4.83. The molecule has 1 saturated carbocycles. The molecule has 4 aromatic rings. The molecule has 0 bridgehead atoms. The number of rotatable bonds is 10. The van der Waals surface area contributed by atoms with E-state index in [9.17, 15) is 49.5 Å². The molecule has 19 heteroatoms. The Morgan fingerprint density at radius 2 is 1.75 bits per heavy atom. The molecule has 6 rings (SSSR count). The first kappa shape index (κ1) is 38.2. The second kappa shape index (κ2) is 13.4. The molecule has 3 atom stereocenters. The molecular weight excluding hydrogens is 786 g/mol. The number of aromatic nitrogens is 5. The van der Waals surface area contributed by atoms with E-state index >= 15 is 0 Å². The summed E-state index contributed by atoms with van der Waals surface area (Å²) < 4.78 is 113. The lowest BCUT2D eigenvalue weighted by atomic mass is 9.94. The summed E-state index contributed by atoms with van der Waals surface area (Å²) >= 11 is 3.07. The molecule has 1 aromatic carbocycles. The minimum absolute atomic E-state index is 0.00572. The van der Waals surface area contributed by atoms with Crippen molar-refractivity contribution in [2.75, 3.05) is 6.54 Å². The molecule has 3 aromatic heterocycles. The van der Waals surface area contributed by atoms with Gasteiger partial charge in [-0.25, -0.2) is 4.68 Å². The van der Waals surface area contributed by atoms with Crippen molar-refractivity contribution in [3.8, 4) is 11.3 Å². The minimum Gasteiger partial charge on any atom is -0.348 e. The van der Waals surface area contributed by atoms with E-state index in [1.807, 2.05) is 0 Å². The molecule has 1 spiro atoms. The molecule has 4 heterocycles. The van der Waals surface area contributed by atoms with E-state index in [1.54, 1.807) is 0 Å². The quantitative estimate of drug-likeness (QED) is 0.183. The zero-order valence-electron chi connectivity index (χ0n) is 28.3. The van der Waals surface area contributed by atoms with Crippen LogP contribution in [0.4, 0.5) is 35.1 Å². The van der Waals surface area contributed by atoms with Gasteiger partial charge in [0.15, 0.2) is 5.69 Å². The fourth-order valence-electron chi connectivity index (χ4n) is 7.06. The summed E-state index contributed by atoms with van der Waals surface area (Å²) in [5.74, 6) is -2.14. The number of carbonyl (C=O) groups excluding carboxylic acids is 2. The molecule has 10 nitrogen and oxygen atoms in total. The summed E-state index contributed by atoms with van der Waals surface area (Å²) in [7, 11) is 1.42. The molecule has 2 unspecified atom stereocenters. The van der Waals surface area contributed by atoms with Gasteiger partial charge in [0.2, 0.25) is 17.4 Å². The lowest BCUT2D eigenvalue weighted by Crippen LogP contribution is -2.56. The average molecular weight is 819 g/mol. The Kier molecular flexibility index (Phi) is 9.64. The Morgan fingerprint density at radius 3 is 2.38 bits per heavy atom. The third-order valence-electron chi connectivity index (χ3n) is 9.68. The van der Waals surface area contributed by atoms with Crippen LogP contribution in [0, 0.1) is 5.41 Å². The highest BCUT2D eigenvalue weighted by Gasteiger charge is 2.66. The fraction of sp³-hybridized carbons (Fsp3) is 0.441. The van der Waals surface area contributed by atoms with Crippen molar-refractivity contribution >= 4 is 27.7 Å². The van der Waals surface area contributed by atoms with Crippen molar-refractivity contribution in [2.45, 2.75) is 76.1 Å². The van der Waals surface area contributed by atoms with Gasteiger partial charge < -0.3 is 14.8 Å². The summed E-state index contributed by atoms with van der Waals surface area (Å²) in [6.07, 6.45) is -6.14. The van der Waals surface area contributed by atoms with Crippen molar-refractivity contribution in [3.05, 3.63) is 92.2 Å². The Bertz CT molecular complexity index is 2120. The number of amides is 2. The predicted molar refractivity (Wildman–Crippen MR) is 176 cm³/mol. The van der Waals surface area contributed by atoms with Gasteiger partial charge in [-0.15, -0.1) is 0 Å². The van der Waals surface area contributed by atoms with Crippen molar-refractivity contribution < 1.29 is 44.7 Å². The van der Waals surface area contributed by atoms with E-state index in [2.05, 4.69) is 31.4 Å². The Hall–Kier alpha value is -4.55. The van der Waals surface area contributed by atoms with E-state index in [-0.39, 0.29) is 59.2 Å². The lowest BCUT2D eigenvalue weighted by molar-refractivity contribution is -0.142. The second-order valence-corrected chi connectivity index (χ2v) is 14.9. The fourth-order valence-corrected chi connectivity index (χ4v) is 7.42. The van der Waals surface area contributed by atoms with E-state index in [0.29, 0.717) is 4.68 Å². The first-order valence-electron chi connectivity index (χ1n) is 16.2. The van der Waals surface area contributed by atoms with Crippen molar-refractivity contribution in [1.82, 2.24) is 34.3 Å². The maximum atomic E-state index is 14.2. The zero-order chi connectivity index (χ0) is 38.8. The highest BCUT2D eigenvalue weighted by molar-refractivity contribution is 9.10. The number of likely N-dealkylation sites (tertiary alicyclic amines) is 1. The Balaban J connectivity index is 1.29. The number of carbonyl (C=O) groups is 2. The number of pyridine rings is 1. The van der Waals surface area contributed by atoms with Crippen LogP contribution in [0.1, 0.15) is 61.5 Å². The van der Waals surface area contributed by atoms with Crippen molar-refractivity contribution in [1.29, 1.82) is 0 Å². The van der Waals surface area contributed by atoms with Crippen LogP contribution in [0.5, 0.6) is 0 Å². The summed E-state index contributed by atoms with van der Waals surface area (Å²) in [5.41, 5.74) is -4.74. The average Bonchev–Trinajstić information content (AvgIpc) is 3.31. The van der Waals surface area contributed by atoms with Crippen LogP contribution in [0.3, 0.4) is 0 Å². The highest BCUT2D eigenvalue weighted by Crippen LogP contribution is 2.66. The van der Waals surface area contributed by atoms with Crippen molar-refractivity contribution in [3.63, 3.8) is 0 Å². The predicted octanol–water partition coefficient (Wildman–Crippen LogP) is 6.55. The van der Waals surface area contributed by atoms with Gasteiger partial charge in [-0.05, 0) is 62.1 Å². The Labute approximate surface area is 304 Å². The molecule has 53 heavy (non-hydrogen) atoms. The first-order valence-corrected chi connectivity index (χ1v) is 17.0. The molecular formula is C34H32BrF8N7O3. The molecule has 1 aliphatic carbocycles. The van der Waals surface area contributed by atoms with Crippen LogP contribution in [0.15, 0.2) is 64.3 Å². The highest BCUT2D eigenvalue weighted by atomic mass is 79.9. The summed E-state index contributed by atoms with van der Waals surface area (Å²) in [6.45, 7) is -0.337. The monoisotopic (exact) mass is 817 g/mol. The Morgan fingerprint density at radius 1 is 1.04 bits per heavy atom. The van der Waals surface area contributed by atoms with Crippen LogP contribution >= 0.6 is 15.9 Å². The number of halogens is 9. The number of alkyl halides is 8. The van der Waals surface area contributed by atoms with E-state index in [4.69, 9.17) is 0 Å². The number of nitrogens with one attached hydrogen (secondary N) is 1. The number of hydrogen-bond acceptors (Lipinski definition) is 5. The maximum Gasteiger partial charge on any atom is 0.435 e. The molecule has 2 aliphatic rings. The van der Waals surface area contributed by atoms with Gasteiger partial charge in [-0.3, -0.25) is 19.1 Å². The lowest BCUT2D eigenvalue weighted by Gasteiger charge is -2.33. The van der Waals surface area contributed by atoms with Gasteiger partial charge in [0.05, 0.1) is 35.0 Å². The van der Waals surface area contributed by atoms with Crippen LogP contribution in [0.2, 0.25) is 0 Å². The van der Waals surface area contributed by atoms with Gasteiger partial charge in [-0.1, -0.05) is 22.0 Å². The SMILES string of the molecule is Cn1cc(-c2cc(C(F)(F)F)nn2CC(C)(C)NC(=O)[C@@H](Cc2cnn(C(F)F)c2)N2CCC3(CC3c3ccc(Br)cc3C(F)(F)F)C2=O)ccc1=O. The number of aryl methyl sites for hydroxylation is 1. The third kappa shape index (κ3) is 7.62. The topological polar surface area (TPSA) is 107 Å². The van der Waals surface area contributed by atoms with Crippen LogP contribution in [-0.4, -0.2) is 59.0 Å². The van der Waals surface area contributed by atoms with Gasteiger partial charge in [0.25, 0.3) is 0 Å². The number of benzene rings is 1. The second-order valence-electron chi connectivity index (χ2n) is 14.0. The van der Waals surface area contributed by atoms with Crippen LogP contribution < -0.4 is 10.9 Å². The standard InChI is InChI=1S/C34H32BrF8N7O3/c1-31(2,17-50-24(12-26(46-50)34(41,42)43)19-4-7-27(51)47(3)16-19)45-28(52)25(10-18-14-44-49(15-18)30(36)37)48-9-8-32(29(48)53)13-23(32)21-6-5-20(35)11-22(21)33(38,39)40/h4-7,11-12,14-16,23,25,30H,8-10,13,17H2,1-3H3,(H,45,52)/t23?,25-,32?/m1/s1. The maximum absolute atomic E-state index is 14.2. The normalized spacial score (nSPS) is 19.8. The summed E-state index contributed by atoms with van der Waals surface area (Å²) in [4.78, 5) is 41.5. The molecule has 0 radical (unpaired) electrons. The molecule has 1 saturated heterocycles. The molecule has 284 valence electrons. The van der Waals surface area contributed by atoms with E-state index < -0.39 is 70.4 Å². The third-order valence-corrected chi connectivity index (χ3v) is 10.2. The number of nitrogens with zero attached hydrogens (tertiary/aromatic N) is 6. The van der Waals surface area contributed by atoms with Gasteiger partial charge >= 0.3 is 18.9 Å². The van der Waals surface area contributed by atoms with E-state index in [0.717, 1.165) is 29.2 Å². The molecule has 1 N–H and O–H groups in total.